The third-order valence-electron chi connectivity index (χ3n) is 5.92. The number of aliphatic hydroxyl groups excluding tert-OH is 2. The van der Waals surface area contributed by atoms with Gasteiger partial charge in [0.2, 0.25) is 0 Å². The van der Waals surface area contributed by atoms with Crippen molar-refractivity contribution < 1.29 is 30.0 Å². The summed E-state index contributed by atoms with van der Waals surface area (Å²) < 4.78 is 0. The Labute approximate surface area is 210 Å². The Morgan fingerprint density at radius 1 is 0.829 bits per heavy atom. The summed E-state index contributed by atoms with van der Waals surface area (Å²) in [6, 6.07) is 16.6. The monoisotopic (exact) mass is 486 g/mol. The van der Waals surface area contributed by atoms with Gasteiger partial charge in [-0.05, 0) is 50.5 Å². The lowest BCUT2D eigenvalue weighted by Gasteiger charge is -2.41. The maximum Gasteiger partial charge on any atom is 0.335 e. The van der Waals surface area contributed by atoms with Crippen LogP contribution in [0, 0.1) is 5.41 Å². The number of benzene rings is 2. The SMILES string of the molecule is C=CCC(O)C(CCCC)(CCCC)C(C)O.O=C(O)c1ccccc1.O=C(O)c1ccccc1. The number of aliphatic hydroxyl groups is 2. The molecule has 35 heavy (non-hydrogen) atoms. The van der Waals surface area contributed by atoms with Gasteiger partial charge >= 0.3 is 11.9 Å². The van der Waals surface area contributed by atoms with Crippen molar-refractivity contribution in [3.8, 4) is 0 Å². The van der Waals surface area contributed by atoms with E-state index in [1.807, 2.05) is 6.92 Å². The van der Waals surface area contributed by atoms with Crippen LogP contribution in [0.3, 0.4) is 0 Å². The van der Waals surface area contributed by atoms with Crippen LogP contribution in [0.4, 0.5) is 0 Å². The van der Waals surface area contributed by atoms with E-state index in [0.717, 1.165) is 38.5 Å². The van der Waals surface area contributed by atoms with Gasteiger partial charge in [-0.1, -0.05) is 82.0 Å². The highest BCUT2D eigenvalue weighted by molar-refractivity contribution is 5.87. The van der Waals surface area contributed by atoms with E-state index in [1.165, 1.54) is 0 Å². The number of hydrogen-bond acceptors (Lipinski definition) is 4. The van der Waals surface area contributed by atoms with Gasteiger partial charge < -0.3 is 20.4 Å². The topological polar surface area (TPSA) is 115 Å². The Kier molecular flexibility index (Phi) is 16.8. The average molecular weight is 487 g/mol. The van der Waals surface area contributed by atoms with Crippen LogP contribution in [-0.4, -0.2) is 44.6 Å². The molecule has 194 valence electrons. The normalized spacial score (nSPS) is 12.1. The summed E-state index contributed by atoms with van der Waals surface area (Å²) in [6.07, 6.45) is 7.49. The van der Waals surface area contributed by atoms with E-state index >= 15 is 0 Å². The molecule has 0 aliphatic rings. The molecule has 2 aromatic carbocycles. The largest absolute Gasteiger partial charge is 0.478 e. The first-order valence-electron chi connectivity index (χ1n) is 12.2. The Balaban J connectivity index is 0.000000538. The summed E-state index contributed by atoms with van der Waals surface area (Å²) in [7, 11) is 0. The van der Waals surface area contributed by atoms with Crippen LogP contribution >= 0.6 is 0 Å². The minimum absolute atomic E-state index is 0.331. The van der Waals surface area contributed by atoms with Crippen LogP contribution < -0.4 is 0 Å². The van der Waals surface area contributed by atoms with Crippen LogP contribution in [0.5, 0.6) is 0 Å². The fourth-order valence-electron chi connectivity index (χ4n) is 3.72. The number of unbranched alkanes of at least 4 members (excludes halogenated alkanes) is 2. The van der Waals surface area contributed by atoms with Gasteiger partial charge in [-0.2, -0.15) is 0 Å². The average Bonchev–Trinajstić information content (AvgIpc) is 2.86. The second kappa shape index (κ2) is 18.4. The van der Waals surface area contributed by atoms with Gasteiger partial charge in [0.1, 0.15) is 0 Å². The number of aromatic carboxylic acids is 2. The molecule has 4 N–H and O–H groups in total. The molecule has 6 nitrogen and oxygen atoms in total. The van der Waals surface area contributed by atoms with E-state index in [2.05, 4.69) is 20.4 Å². The summed E-state index contributed by atoms with van der Waals surface area (Å²) in [5, 5.41) is 37.2. The van der Waals surface area contributed by atoms with Crippen molar-refractivity contribution in [2.24, 2.45) is 5.41 Å². The number of rotatable bonds is 12. The van der Waals surface area contributed by atoms with E-state index in [-0.39, 0.29) is 5.41 Å². The predicted octanol–water partition coefficient (Wildman–Crippen LogP) is 6.44. The van der Waals surface area contributed by atoms with E-state index in [1.54, 1.807) is 66.7 Å². The van der Waals surface area contributed by atoms with Crippen molar-refractivity contribution in [3.05, 3.63) is 84.4 Å². The molecular formula is C29H42O6. The minimum atomic E-state index is -0.879. The van der Waals surface area contributed by atoms with Crippen molar-refractivity contribution in [2.45, 2.75) is 77.9 Å². The fraction of sp³-hybridized carbons (Fsp3) is 0.448. The lowest BCUT2D eigenvalue weighted by molar-refractivity contribution is -0.0744. The lowest BCUT2D eigenvalue weighted by Crippen LogP contribution is -2.44. The lowest BCUT2D eigenvalue weighted by atomic mass is 9.69. The molecule has 6 heteroatoms. The van der Waals surface area contributed by atoms with E-state index < -0.39 is 24.1 Å². The molecule has 0 radical (unpaired) electrons. The molecule has 0 heterocycles. The van der Waals surface area contributed by atoms with Gasteiger partial charge in [-0.3, -0.25) is 0 Å². The van der Waals surface area contributed by atoms with Crippen molar-refractivity contribution >= 4 is 11.9 Å². The van der Waals surface area contributed by atoms with Crippen molar-refractivity contribution in [3.63, 3.8) is 0 Å². The maximum atomic E-state index is 10.4. The fourth-order valence-corrected chi connectivity index (χ4v) is 3.72. The Morgan fingerprint density at radius 2 is 1.20 bits per heavy atom. The van der Waals surface area contributed by atoms with Gasteiger partial charge in [-0.15, -0.1) is 6.58 Å². The molecule has 0 spiro atoms. The Hall–Kier alpha value is -2.96. The van der Waals surface area contributed by atoms with Crippen LogP contribution in [0.15, 0.2) is 73.3 Å². The molecule has 0 fully saturated rings. The summed E-state index contributed by atoms with van der Waals surface area (Å²) in [4.78, 5) is 20.4. The van der Waals surface area contributed by atoms with Crippen LogP contribution in [0.2, 0.25) is 0 Å². The summed E-state index contributed by atoms with van der Waals surface area (Å²) >= 11 is 0. The molecule has 0 aromatic heterocycles. The van der Waals surface area contributed by atoms with E-state index in [9.17, 15) is 19.8 Å². The number of hydrogen-bond donors (Lipinski definition) is 4. The number of carbonyl (C=O) groups is 2. The zero-order valence-electron chi connectivity index (χ0n) is 21.3. The van der Waals surface area contributed by atoms with Crippen molar-refractivity contribution in [1.29, 1.82) is 0 Å². The molecule has 2 aromatic rings. The van der Waals surface area contributed by atoms with Crippen molar-refractivity contribution in [1.82, 2.24) is 0 Å². The van der Waals surface area contributed by atoms with Gasteiger partial charge in [0.05, 0.1) is 23.3 Å². The highest BCUT2D eigenvalue weighted by Crippen LogP contribution is 2.39. The first kappa shape index (κ1) is 32.0. The summed E-state index contributed by atoms with van der Waals surface area (Å²) in [5.74, 6) is -1.76. The molecule has 0 aliphatic carbocycles. The number of carboxylic acid groups (broad SMARTS) is 2. The minimum Gasteiger partial charge on any atom is -0.478 e. The molecule has 0 aliphatic heterocycles. The highest BCUT2D eigenvalue weighted by Gasteiger charge is 2.40. The first-order chi connectivity index (χ1) is 16.7. The van der Waals surface area contributed by atoms with Gasteiger partial charge in [0, 0.05) is 5.41 Å². The smallest absolute Gasteiger partial charge is 0.335 e. The third kappa shape index (κ3) is 12.3. The quantitative estimate of drug-likeness (QED) is 0.257. The zero-order valence-corrected chi connectivity index (χ0v) is 21.3. The standard InChI is InChI=1S/C15H30O2.2C7H6O2/c1-5-8-11-15(13(4)16,12-9-6-2)14(17)10-7-3;2*8-7(9)6-4-2-1-3-5-6/h7,13-14,16-17H,3,5-6,8-12H2,1-2,4H3;2*1-5H,(H,8,9). The first-order valence-corrected chi connectivity index (χ1v) is 12.2. The Bertz CT molecular complexity index is 775. The van der Waals surface area contributed by atoms with Gasteiger partial charge in [0.25, 0.3) is 0 Å². The molecule has 0 amide bonds. The maximum absolute atomic E-state index is 10.4. The summed E-state index contributed by atoms with van der Waals surface area (Å²) in [6.45, 7) is 9.80. The van der Waals surface area contributed by atoms with Gasteiger partial charge in [-0.25, -0.2) is 9.59 Å². The molecule has 0 bridgehead atoms. The van der Waals surface area contributed by atoms with Crippen molar-refractivity contribution in [2.75, 3.05) is 0 Å². The molecular weight excluding hydrogens is 444 g/mol. The highest BCUT2D eigenvalue weighted by atomic mass is 16.4. The second-order valence-electron chi connectivity index (χ2n) is 8.50. The van der Waals surface area contributed by atoms with Crippen LogP contribution in [0.25, 0.3) is 0 Å². The molecule has 2 unspecified atom stereocenters. The predicted molar refractivity (Wildman–Crippen MR) is 141 cm³/mol. The second-order valence-corrected chi connectivity index (χ2v) is 8.50. The van der Waals surface area contributed by atoms with Crippen LogP contribution in [0.1, 0.15) is 86.4 Å². The Morgan fingerprint density at radius 3 is 1.43 bits per heavy atom. The molecule has 2 atom stereocenters. The van der Waals surface area contributed by atoms with Crippen LogP contribution in [-0.2, 0) is 0 Å². The molecule has 0 saturated heterocycles. The number of carboxylic acids is 2. The third-order valence-corrected chi connectivity index (χ3v) is 5.92. The summed E-state index contributed by atoms with van der Waals surface area (Å²) in [5.41, 5.74) is 0.315. The molecule has 2 rings (SSSR count). The van der Waals surface area contributed by atoms with Gasteiger partial charge in [0.15, 0.2) is 0 Å². The zero-order chi connectivity index (χ0) is 26.7. The van der Waals surface area contributed by atoms with E-state index in [0.29, 0.717) is 17.5 Å². The van der Waals surface area contributed by atoms with E-state index in [4.69, 9.17) is 10.2 Å². The molecule has 0 saturated carbocycles.